The van der Waals surface area contributed by atoms with Crippen LogP contribution in [0.1, 0.15) is 48.0 Å². The van der Waals surface area contributed by atoms with E-state index in [-0.39, 0.29) is 17.1 Å². The first-order chi connectivity index (χ1) is 9.56. The Morgan fingerprint density at radius 3 is 2.70 bits per heavy atom. The normalized spacial score (nSPS) is 17.7. The maximum Gasteiger partial charge on any atom is 0.255 e. The van der Waals surface area contributed by atoms with Crippen LogP contribution in [-0.2, 0) is 0 Å². The molecule has 1 fully saturated rings. The summed E-state index contributed by atoms with van der Waals surface area (Å²) in [5, 5.41) is 12.7. The summed E-state index contributed by atoms with van der Waals surface area (Å²) in [6, 6.07) is 5.05. The van der Waals surface area contributed by atoms with Gasteiger partial charge in [-0.2, -0.15) is 0 Å². The second kappa shape index (κ2) is 6.27. The van der Waals surface area contributed by atoms with Crippen LogP contribution in [0.2, 0.25) is 0 Å². The average Bonchev–Trinajstić information content (AvgIpc) is 2.48. The van der Waals surface area contributed by atoms with Crippen LogP contribution >= 0.6 is 0 Å². The molecule has 1 aromatic rings. The van der Waals surface area contributed by atoms with Gasteiger partial charge in [0.1, 0.15) is 5.75 Å². The van der Waals surface area contributed by atoms with Gasteiger partial charge in [0.25, 0.3) is 5.91 Å². The van der Waals surface area contributed by atoms with Gasteiger partial charge in [0.15, 0.2) is 0 Å². The summed E-state index contributed by atoms with van der Waals surface area (Å²) in [4.78, 5) is 12.2. The Balaban J connectivity index is 2.02. The molecule has 0 heterocycles. The number of nitrogens with two attached hydrogens (primary N) is 1. The molecule has 1 saturated carbocycles. The highest BCUT2D eigenvalue weighted by molar-refractivity contribution is 5.97. The Morgan fingerprint density at radius 2 is 2.05 bits per heavy atom. The molecule has 1 amide bonds. The molecule has 4 heteroatoms. The lowest BCUT2D eigenvalue weighted by Crippen LogP contribution is -2.43. The minimum absolute atomic E-state index is 0.0264. The molecule has 1 aliphatic carbocycles. The van der Waals surface area contributed by atoms with E-state index in [1.807, 2.05) is 6.92 Å². The first-order valence-corrected chi connectivity index (χ1v) is 7.34. The third kappa shape index (κ3) is 3.31. The molecule has 0 saturated heterocycles. The Kier molecular flexibility index (Phi) is 4.65. The van der Waals surface area contributed by atoms with Crippen molar-refractivity contribution in [1.82, 2.24) is 5.32 Å². The third-order valence-corrected chi connectivity index (χ3v) is 4.37. The zero-order chi connectivity index (χ0) is 14.6. The maximum absolute atomic E-state index is 12.2. The van der Waals surface area contributed by atoms with Gasteiger partial charge in [0, 0.05) is 6.54 Å². The number of amides is 1. The van der Waals surface area contributed by atoms with Gasteiger partial charge >= 0.3 is 0 Å². The molecule has 0 spiro atoms. The Labute approximate surface area is 120 Å². The molecule has 1 aliphatic rings. The number of phenols is 1. The Hall–Kier alpha value is -1.55. The first-order valence-electron chi connectivity index (χ1n) is 7.34. The van der Waals surface area contributed by atoms with Crippen molar-refractivity contribution in [3.8, 4) is 5.75 Å². The third-order valence-electron chi connectivity index (χ3n) is 4.37. The second-order valence-electron chi connectivity index (χ2n) is 5.97. The van der Waals surface area contributed by atoms with Crippen molar-refractivity contribution in [2.24, 2.45) is 11.1 Å². The highest BCUT2D eigenvalue weighted by Crippen LogP contribution is 2.34. The van der Waals surface area contributed by atoms with E-state index >= 15 is 0 Å². The minimum Gasteiger partial charge on any atom is -0.507 e. The molecule has 0 bridgehead atoms. The van der Waals surface area contributed by atoms with Gasteiger partial charge in [-0.25, -0.2) is 0 Å². The molecule has 110 valence electrons. The zero-order valence-electron chi connectivity index (χ0n) is 12.1. The second-order valence-corrected chi connectivity index (χ2v) is 5.97. The molecule has 4 N–H and O–H groups in total. The number of nitrogens with one attached hydrogen (secondary N) is 1. The summed E-state index contributed by atoms with van der Waals surface area (Å²) in [6.07, 6.45) is 5.77. The van der Waals surface area contributed by atoms with Crippen LogP contribution in [0.3, 0.4) is 0 Å². The summed E-state index contributed by atoms with van der Waals surface area (Å²) < 4.78 is 0. The number of aryl methyl sites for hydroxylation is 1. The number of hydrogen-bond donors (Lipinski definition) is 3. The van der Waals surface area contributed by atoms with E-state index in [2.05, 4.69) is 5.32 Å². The highest BCUT2D eigenvalue weighted by Gasteiger charge is 2.31. The van der Waals surface area contributed by atoms with Crippen molar-refractivity contribution in [2.75, 3.05) is 13.1 Å². The average molecular weight is 276 g/mol. The zero-order valence-corrected chi connectivity index (χ0v) is 12.1. The molecular weight excluding hydrogens is 252 g/mol. The van der Waals surface area contributed by atoms with Crippen molar-refractivity contribution in [3.63, 3.8) is 0 Å². The van der Waals surface area contributed by atoms with Crippen LogP contribution in [0.5, 0.6) is 5.75 Å². The lowest BCUT2D eigenvalue weighted by Gasteiger charge is -2.36. The summed E-state index contributed by atoms with van der Waals surface area (Å²) in [5.41, 5.74) is 7.25. The summed E-state index contributed by atoms with van der Waals surface area (Å²) >= 11 is 0. The fraction of sp³-hybridized carbons (Fsp3) is 0.562. The van der Waals surface area contributed by atoms with E-state index in [1.165, 1.54) is 19.3 Å². The van der Waals surface area contributed by atoms with E-state index in [9.17, 15) is 9.90 Å². The molecule has 1 aromatic carbocycles. The van der Waals surface area contributed by atoms with E-state index in [4.69, 9.17) is 5.73 Å². The van der Waals surface area contributed by atoms with E-state index < -0.39 is 0 Å². The number of benzene rings is 1. The van der Waals surface area contributed by atoms with Crippen LogP contribution in [0.25, 0.3) is 0 Å². The number of phenolic OH excluding ortho intramolecular Hbond substituents is 1. The monoisotopic (exact) mass is 276 g/mol. The fourth-order valence-electron chi connectivity index (χ4n) is 2.95. The van der Waals surface area contributed by atoms with Gasteiger partial charge in [-0.3, -0.25) is 4.79 Å². The van der Waals surface area contributed by atoms with Crippen LogP contribution in [-0.4, -0.2) is 24.1 Å². The number of hydrogen-bond acceptors (Lipinski definition) is 3. The molecule has 2 rings (SSSR count). The smallest absolute Gasteiger partial charge is 0.255 e. The molecule has 0 unspecified atom stereocenters. The number of carbonyl (C=O) groups is 1. The maximum atomic E-state index is 12.2. The fourth-order valence-corrected chi connectivity index (χ4v) is 2.95. The minimum atomic E-state index is -0.218. The van der Waals surface area contributed by atoms with Crippen molar-refractivity contribution >= 4 is 5.91 Å². The van der Waals surface area contributed by atoms with Gasteiger partial charge in [0.2, 0.25) is 0 Å². The molecule has 0 radical (unpaired) electrons. The molecule has 20 heavy (non-hydrogen) atoms. The number of carbonyl (C=O) groups excluding carboxylic acids is 1. The first kappa shape index (κ1) is 14.9. The van der Waals surface area contributed by atoms with Gasteiger partial charge in [0.05, 0.1) is 5.56 Å². The lowest BCUT2D eigenvalue weighted by atomic mass is 9.74. The van der Waals surface area contributed by atoms with E-state index in [0.29, 0.717) is 18.7 Å². The van der Waals surface area contributed by atoms with Gasteiger partial charge in [-0.15, -0.1) is 0 Å². The quantitative estimate of drug-likeness (QED) is 0.790. The largest absolute Gasteiger partial charge is 0.507 e. The SMILES string of the molecule is Cc1ccc(O)c(C(=O)NCC2(CN)CCCCC2)c1. The Morgan fingerprint density at radius 1 is 1.35 bits per heavy atom. The predicted molar refractivity (Wildman–Crippen MR) is 79.7 cm³/mol. The lowest BCUT2D eigenvalue weighted by molar-refractivity contribution is 0.0911. The molecule has 0 aliphatic heterocycles. The standard InChI is InChI=1S/C16H24N2O2/c1-12-5-6-14(19)13(9-12)15(20)18-11-16(10-17)7-3-2-4-8-16/h5-6,9,19H,2-4,7-8,10-11,17H2,1H3,(H,18,20). The Bertz CT molecular complexity index is 479. The highest BCUT2D eigenvalue weighted by atomic mass is 16.3. The molecule has 0 aromatic heterocycles. The van der Waals surface area contributed by atoms with Crippen molar-refractivity contribution in [1.29, 1.82) is 0 Å². The van der Waals surface area contributed by atoms with Crippen molar-refractivity contribution in [3.05, 3.63) is 29.3 Å². The molecule has 0 atom stereocenters. The van der Waals surface area contributed by atoms with Gasteiger partial charge in [-0.05, 0) is 43.9 Å². The number of rotatable bonds is 4. The predicted octanol–water partition coefficient (Wildman–Crippen LogP) is 2.34. The summed E-state index contributed by atoms with van der Waals surface area (Å²) in [5.74, 6) is -0.192. The van der Waals surface area contributed by atoms with Crippen LogP contribution < -0.4 is 11.1 Å². The van der Waals surface area contributed by atoms with Crippen molar-refractivity contribution in [2.45, 2.75) is 39.0 Å². The van der Waals surface area contributed by atoms with Crippen LogP contribution in [0.15, 0.2) is 18.2 Å². The topological polar surface area (TPSA) is 75.3 Å². The molecule has 4 nitrogen and oxygen atoms in total. The summed E-state index contributed by atoms with van der Waals surface area (Å²) in [7, 11) is 0. The van der Waals surface area contributed by atoms with Gasteiger partial charge < -0.3 is 16.2 Å². The van der Waals surface area contributed by atoms with Crippen LogP contribution in [0, 0.1) is 12.3 Å². The van der Waals surface area contributed by atoms with E-state index in [1.54, 1.807) is 18.2 Å². The molecular formula is C16H24N2O2. The van der Waals surface area contributed by atoms with E-state index in [0.717, 1.165) is 18.4 Å². The van der Waals surface area contributed by atoms with Crippen molar-refractivity contribution < 1.29 is 9.90 Å². The number of aromatic hydroxyl groups is 1. The van der Waals surface area contributed by atoms with Gasteiger partial charge in [-0.1, -0.05) is 30.9 Å². The van der Waals surface area contributed by atoms with Crippen LogP contribution in [0.4, 0.5) is 0 Å². The summed E-state index contributed by atoms with van der Waals surface area (Å²) in [6.45, 7) is 3.10.